The van der Waals surface area contributed by atoms with Gasteiger partial charge in [-0.2, -0.15) is 0 Å². The van der Waals surface area contributed by atoms with Crippen LogP contribution in [0.1, 0.15) is 31.8 Å². The lowest BCUT2D eigenvalue weighted by Crippen LogP contribution is -1.92. The normalized spacial score (nSPS) is 10.6. The van der Waals surface area contributed by atoms with Crippen molar-refractivity contribution < 1.29 is 19.8 Å². The molecule has 0 bridgehead atoms. The maximum Gasteiger partial charge on any atom is 0.185 e. The molecule has 0 aromatic heterocycles. The molecular formula is C30H24O4. The van der Waals surface area contributed by atoms with Crippen LogP contribution in [0, 0.1) is 0 Å². The maximum atomic E-state index is 11.8. The third-order valence-corrected chi connectivity index (χ3v) is 4.76. The number of rotatable bonds is 6. The number of benzene rings is 4. The van der Waals surface area contributed by atoms with Crippen LogP contribution >= 0.6 is 0 Å². The number of phenolic OH excluding ortho intramolecular Hbond substituents is 2. The lowest BCUT2D eigenvalue weighted by Gasteiger charge is -1.97. The standard InChI is InChI=1S/C15H12O3.C15H12O/c16-13-6-1-11(2-7-13)3-10-15(18)12-4-8-14(17)9-5-12;16-15(14-9-5-2-6-10-14)12-11-13-7-3-1-4-8-13/h1-10,16-17H;1-12H. The van der Waals surface area contributed by atoms with Crippen molar-refractivity contribution in [2.45, 2.75) is 0 Å². The minimum atomic E-state index is -0.136. The van der Waals surface area contributed by atoms with E-state index < -0.39 is 0 Å². The number of phenols is 2. The Morgan fingerprint density at radius 1 is 0.471 bits per heavy atom. The topological polar surface area (TPSA) is 74.6 Å². The average Bonchev–Trinajstić information content (AvgIpc) is 2.89. The Labute approximate surface area is 198 Å². The van der Waals surface area contributed by atoms with Crippen molar-refractivity contribution in [1.82, 2.24) is 0 Å². The molecule has 0 heterocycles. The summed E-state index contributed by atoms with van der Waals surface area (Å²) in [6.45, 7) is 0. The van der Waals surface area contributed by atoms with E-state index in [0.29, 0.717) is 5.56 Å². The molecule has 0 spiro atoms. The molecule has 0 aliphatic heterocycles. The second kappa shape index (κ2) is 12.4. The minimum absolute atomic E-state index is 0.0319. The third-order valence-electron chi connectivity index (χ3n) is 4.76. The molecule has 0 unspecified atom stereocenters. The Balaban J connectivity index is 0.000000192. The summed E-state index contributed by atoms with van der Waals surface area (Å²) in [7, 11) is 0. The molecule has 0 aliphatic rings. The van der Waals surface area contributed by atoms with E-state index in [0.717, 1.165) is 16.7 Å². The van der Waals surface area contributed by atoms with Crippen molar-refractivity contribution in [2.24, 2.45) is 0 Å². The van der Waals surface area contributed by atoms with Gasteiger partial charge in [0.25, 0.3) is 0 Å². The van der Waals surface area contributed by atoms with Crippen LogP contribution in [0.5, 0.6) is 11.5 Å². The van der Waals surface area contributed by atoms with Gasteiger partial charge in [-0.05, 0) is 59.7 Å². The van der Waals surface area contributed by atoms with E-state index in [4.69, 9.17) is 10.2 Å². The van der Waals surface area contributed by atoms with E-state index in [2.05, 4.69) is 0 Å². The van der Waals surface area contributed by atoms with E-state index >= 15 is 0 Å². The molecule has 168 valence electrons. The van der Waals surface area contributed by atoms with Gasteiger partial charge in [0, 0.05) is 11.1 Å². The van der Waals surface area contributed by atoms with E-state index in [1.807, 2.05) is 66.7 Å². The van der Waals surface area contributed by atoms with Gasteiger partial charge in [0.2, 0.25) is 0 Å². The number of hydrogen-bond donors (Lipinski definition) is 2. The van der Waals surface area contributed by atoms with Gasteiger partial charge in [0.05, 0.1) is 0 Å². The second-order valence-electron chi connectivity index (χ2n) is 7.31. The average molecular weight is 449 g/mol. The molecule has 4 nitrogen and oxygen atoms in total. The van der Waals surface area contributed by atoms with Crippen molar-refractivity contribution in [3.05, 3.63) is 144 Å². The fourth-order valence-corrected chi connectivity index (χ4v) is 2.91. The summed E-state index contributed by atoms with van der Waals surface area (Å²) in [4.78, 5) is 23.5. The van der Waals surface area contributed by atoms with Gasteiger partial charge < -0.3 is 10.2 Å². The largest absolute Gasteiger partial charge is 0.508 e. The molecule has 4 rings (SSSR count). The molecule has 0 fully saturated rings. The second-order valence-corrected chi connectivity index (χ2v) is 7.31. The van der Waals surface area contributed by atoms with Crippen LogP contribution in [-0.4, -0.2) is 21.8 Å². The van der Waals surface area contributed by atoms with Crippen LogP contribution in [0.2, 0.25) is 0 Å². The van der Waals surface area contributed by atoms with Crippen molar-refractivity contribution in [3.8, 4) is 11.5 Å². The molecule has 0 amide bonds. The Hall–Kier alpha value is -4.70. The molecule has 4 aromatic rings. The van der Waals surface area contributed by atoms with Gasteiger partial charge >= 0.3 is 0 Å². The first-order chi connectivity index (χ1) is 16.5. The number of aromatic hydroxyl groups is 2. The number of carbonyl (C=O) groups excluding carboxylic acids is 2. The zero-order valence-electron chi connectivity index (χ0n) is 18.4. The Morgan fingerprint density at radius 2 is 0.853 bits per heavy atom. The molecule has 2 N–H and O–H groups in total. The highest BCUT2D eigenvalue weighted by atomic mass is 16.3. The van der Waals surface area contributed by atoms with Gasteiger partial charge in [-0.3, -0.25) is 9.59 Å². The van der Waals surface area contributed by atoms with E-state index in [-0.39, 0.29) is 23.1 Å². The Bertz CT molecular complexity index is 1260. The zero-order chi connectivity index (χ0) is 24.2. The van der Waals surface area contributed by atoms with E-state index in [9.17, 15) is 9.59 Å². The summed E-state index contributed by atoms with van der Waals surface area (Å²) in [6, 6.07) is 31.7. The monoisotopic (exact) mass is 448 g/mol. The van der Waals surface area contributed by atoms with Crippen molar-refractivity contribution in [1.29, 1.82) is 0 Å². The van der Waals surface area contributed by atoms with Crippen LogP contribution < -0.4 is 0 Å². The van der Waals surface area contributed by atoms with Crippen LogP contribution in [0.25, 0.3) is 12.2 Å². The number of ketones is 2. The van der Waals surface area contributed by atoms with E-state index in [1.54, 1.807) is 48.6 Å². The minimum Gasteiger partial charge on any atom is -0.508 e. The molecular weight excluding hydrogens is 424 g/mol. The predicted molar refractivity (Wildman–Crippen MR) is 136 cm³/mol. The summed E-state index contributed by atoms with van der Waals surface area (Å²) in [5.41, 5.74) is 3.10. The van der Waals surface area contributed by atoms with Gasteiger partial charge in [-0.1, -0.05) is 84.9 Å². The van der Waals surface area contributed by atoms with Crippen molar-refractivity contribution in [3.63, 3.8) is 0 Å². The first-order valence-corrected chi connectivity index (χ1v) is 10.6. The first-order valence-electron chi connectivity index (χ1n) is 10.6. The Kier molecular flexibility index (Phi) is 8.71. The lowest BCUT2D eigenvalue weighted by molar-refractivity contribution is 0.103. The molecule has 0 radical (unpaired) electrons. The van der Waals surface area contributed by atoms with Crippen LogP contribution in [0.3, 0.4) is 0 Å². The summed E-state index contributed by atoms with van der Waals surface area (Å²) < 4.78 is 0. The highest BCUT2D eigenvalue weighted by Gasteiger charge is 2.01. The molecule has 0 saturated carbocycles. The summed E-state index contributed by atoms with van der Waals surface area (Å²) in [6.07, 6.45) is 6.56. The molecule has 4 aromatic carbocycles. The Morgan fingerprint density at radius 3 is 1.35 bits per heavy atom. The highest BCUT2D eigenvalue weighted by Crippen LogP contribution is 2.13. The molecule has 4 heteroatoms. The quantitative estimate of drug-likeness (QED) is 0.258. The highest BCUT2D eigenvalue weighted by molar-refractivity contribution is 6.07. The van der Waals surface area contributed by atoms with Crippen LogP contribution in [-0.2, 0) is 0 Å². The first kappa shape index (κ1) is 24.0. The van der Waals surface area contributed by atoms with Crippen LogP contribution in [0.15, 0.2) is 121 Å². The fourth-order valence-electron chi connectivity index (χ4n) is 2.91. The number of allylic oxidation sites excluding steroid dienone is 2. The smallest absolute Gasteiger partial charge is 0.185 e. The third kappa shape index (κ3) is 7.77. The van der Waals surface area contributed by atoms with Gasteiger partial charge in [0.1, 0.15) is 11.5 Å². The maximum absolute atomic E-state index is 11.8. The molecule has 34 heavy (non-hydrogen) atoms. The predicted octanol–water partition coefficient (Wildman–Crippen LogP) is 6.58. The fraction of sp³-hybridized carbons (Fsp3) is 0. The summed E-state index contributed by atoms with van der Waals surface area (Å²) in [5, 5.41) is 18.2. The van der Waals surface area contributed by atoms with Crippen molar-refractivity contribution >= 4 is 23.7 Å². The van der Waals surface area contributed by atoms with E-state index in [1.165, 1.54) is 18.2 Å². The molecule has 0 aliphatic carbocycles. The van der Waals surface area contributed by atoms with Gasteiger partial charge in [-0.25, -0.2) is 0 Å². The number of hydrogen-bond acceptors (Lipinski definition) is 4. The van der Waals surface area contributed by atoms with Gasteiger partial charge in [-0.15, -0.1) is 0 Å². The SMILES string of the molecule is O=C(C=Cc1ccc(O)cc1)c1ccc(O)cc1.O=C(C=Cc1ccccc1)c1ccccc1. The van der Waals surface area contributed by atoms with Crippen LogP contribution in [0.4, 0.5) is 0 Å². The lowest BCUT2D eigenvalue weighted by atomic mass is 10.1. The summed E-state index contributed by atoms with van der Waals surface area (Å²) >= 11 is 0. The molecule has 0 saturated heterocycles. The summed E-state index contributed by atoms with van der Waals surface area (Å²) in [5.74, 6) is 0.221. The number of carbonyl (C=O) groups is 2. The van der Waals surface area contributed by atoms with Crippen molar-refractivity contribution in [2.75, 3.05) is 0 Å². The zero-order valence-corrected chi connectivity index (χ0v) is 18.4. The van der Waals surface area contributed by atoms with Gasteiger partial charge in [0.15, 0.2) is 11.6 Å². The molecule has 0 atom stereocenters.